The number of fused-ring (bicyclic) bond motifs is 1. The van der Waals surface area contributed by atoms with Crippen molar-refractivity contribution in [2.45, 2.75) is 18.8 Å². The molecule has 2 atom stereocenters. The van der Waals surface area contributed by atoms with E-state index in [-0.39, 0.29) is 11.9 Å². The van der Waals surface area contributed by atoms with Gasteiger partial charge < -0.3 is 14.7 Å². The number of urea groups is 1. The molecule has 3 aliphatic rings. The third-order valence-electron chi connectivity index (χ3n) is 5.74. The van der Waals surface area contributed by atoms with Crippen LogP contribution in [0.3, 0.4) is 0 Å². The Bertz CT molecular complexity index is 759. The van der Waals surface area contributed by atoms with E-state index in [9.17, 15) is 9.59 Å². The Morgan fingerprint density at radius 3 is 2.30 bits per heavy atom. The Labute approximate surface area is 159 Å². The maximum absolute atomic E-state index is 12.6. The predicted octanol–water partition coefficient (Wildman–Crippen LogP) is 0.324. The molecule has 0 saturated carbocycles. The van der Waals surface area contributed by atoms with Crippen molar-refractivity contribution in [2.75, 3.05) is 47.3 Å². The van der Waals surface area contributed by atoms with Gasteiger partial charge in [0, 0.05) is 53.9 Å². The Hall–Kier alpha value is -2.61. The Morgan fingerprint density at radius 2 is 1.63 bits per heavy atom. The number of guanidine groups is 1. The molecule has 144 valence electrons. The lowest BCUT2D eigenvalue weighted by Gasteiger charge is -2.40. The van der Waals surface area contributed by atoms with Crippen molar-refractivity contribution in [3.8, 4) is 0 Å². The molecule has 0 N–H and O–H groups in total. The minimum Gasteiger partial charge on any atom is -0.340 e. The summed E-state index contributed by atoms with van der Waals surface area (Å²) < 4.78 is 0. The number of benzene rings is 1. The van der Waals surface area contributed by atoms with Crippen LogP contribution in [0.25, 0.3) is 0 Å². The highest BCUT2D eigenvalue weighted by molar-refractivity contribution is 6.03. The van der Waals surface area contributed by atoms with Gasteiger partial charge in [0.05, 0.1) is 0 Å². The normalized spacial score (nSPS) is 26.6. The van der Waals surface area contributed by atoms with Crippen molar-refractivity contribution in [1.82, 2.24) is 24.5 Å². The Kier molecular flexibility index (Phi) is 4.51. The van der Waals surface area contributed by atoms with Crippen LogP contribution in [0.2, 0.25) is 0 Å². The lowest BCUT2D eigenvalue weighted by Crippen LogP contribution is -2.64. The molecule has 8 nitrogen and oxygen atoms in total. The lowest BCUT2D eigenvalue weighted by atomic mass is 10.1. The van der Waals surface area contributed by atoms with Crippen LogP contribution < -0.4 is 0 Å². The van der Waals surface area contributed by atoms with E-state index in [2.05, 4.69) is 34.1 Å². The average molecular weight is 370 g/mol. The molecule has 2 saturated heterocycles. The number of carbonyl (C=O) groups is 2. The van der Waals surface area contributed by atoms with E-state index in [0.717, 1.165) is 38.7 Å². The quantitative estimate of drug-likeness (QED) is 0.751. The molecule has 1 aromatic carbocycles. The molecule has 27 heavy (non-hydrogen) atoms. The standard InChI is InChI=1S/C19H26N6O2/c1-21-15-16(22(2)19(27)23(3)17(15)26)20-18(21)25-11-9-24(10-12-25)13-14-7-5-4-6-8-14/h4-8,15-16H,9-13H2,1-3H3. The highest BCUT2D eigenvalue weighted by Crippen LogP contribution is 2.27. The van der Waals surface area contributed by atoms with Gasteiger partial charge in [-0.3, -0.25) is 14.6 Å². The van der Waals surface area contributed by atoms with Gasteiger partial charge in [0.15, 0.2) is 18.2 Å². The van der Waals surface area contributed by atoms with Crippen molar-refractivity contribution in [1.29, 1.82) is 0 Å². The number of rotatable bonds is 2. The summed E-state index contributed by atoms with van der Waals surface area (Å²) in [5.74, 6) is 0.625. The fourth-order valence-corrected chi connectivity index (χ4v) is 4.09. The van der Waals surface area contributed by atoms with E-state index in [0.29, 0.717) is 0 Å². The average Bonchev–Trinajstić information content (AvgIpc) is 3.03. The molecular weight excluding hydrogens is 344 g/mol. The smallest absolute Gasteiger partial charge is 0.328 e. The highest BCUT2D eigenvalue weighted by atomic mass is 16.2. The maximum Gasteiger partial charge on any atom is 0.328 e. The van der Waals surface area contributed by atoms with E-state index in [4.69, 9.17) is 4.99 Å². The number of aliphatic imine (C=N–C) groups is 1. The van der Waals surface area contributed by atoms with Gasteiger partial charge in [0.2, 0.25) is 0 Å². The highest BCUT2D eigenvalue weighted by Gasteiger charge is 2.50. The van der Waals surface area contributed by atoms with Crippen LogP contribution in [-0.4, -0.2) is 102 Å². The van der Waals surface area contributed by atoms with E-state index in [1.165, 1.54) is 17.5 Å². The number of nitrogens with zero attached hydrogens (tertiary/aromatic N) is 6. The number of likely N-dealkylation sites (N-methyl/N-ethyl adjacent to an activating group) is 3. The number of imide groups is 1. The monoisotopic (exact) mass is 370 g/mol. The summed E-state index contributed by atoms with van der Waals surface area (Å²) >= 11 is 0. The first kappa shape index (κ1) is 17.8. The van der Waals surface area contributed by atoms with Crippen molar-refractivity contribution in [3.05, 3.63) is 35.9 Å². The van der Waals surface area contributed by atoms with Gasteiger partial charge in [-0.15, -0.1) is 0 Å². The maximum atomic E-state index is 12.6. The largest absolute Gasteiger partial charge is 0.340 e. The molecule has 0 spiro atoms. The van der Waals surface area contributed by atoms with Crippen molar-refractivity contribution in [3.63, 3.8) is 0 Å². The first-order valence-electron chi connectivity index (χ1n) is 9.33. The van der Waals surface area contributed by atoms with Crippen molar-refractivity contribution >= 4 is 17.9 Å². The molecule has 3 amide bonds. The first-order chi connectivity index (χ1) is 13.0. The van der Waals surface area contributed by atoms with Crippen LogP contribution in [0.5, 0.6) is 0 Å². The first-order valence-corrected chi connectivity index (χ1v) is 9.33. The summed E-state index contributed by atoms with van der Waals surface area (Å²) in [5.41, 5.74) is 1.32. The second-order valence-electron chi connectivity index (χ2n) is 7.44. The van der Waals surface area contributed by atoms with Crippen LogP contribution in [0.15, 0.2) is 35.3 Å². The fraction of sp³-hybridized carbons (Fsp3) is 0.526. The fourth-order valence-electron chi connectivity index (χ4n) is 4.09. The molecule has 3 aliphatic heterocycles. The molecule has 0 aliphatic carbocycles. The van der Waals surface area contributed by atoms with Gasteiger partial charge in [-0.05, 0) is 5.56 Å². The minimum absolute atomic E-state index is 0.188. The van der Waals surface area contributed by atoms with Gasteiger partial charge in [0.1, 0.15) is 0 Å². The SMILES string of the molecule is CN1C(=O)C2C(N=C(N3CCN(Cc4ccccc4)CC3)N2C)N(C)C1=O. The van der Waals surface area contributed by atoms with E-state index < -0.39 is 12.2 Å². The molecule has 0 aromatic heterocycles. The number of hydrogen-bond acceptors (Lipinski definition) is 6. The van der Waals surface area contributed by atoms with Crippen LogP contribution in [-0.2, 0) is 11.3 Å². The minimum atomic E-state index is -0.441. The van der Waals surface area contributed by atoms with Crippen molar-refractivity contribution in [2.24, 2.45) is 4.99 Å². The molecule has 1 aromatic rings. The zero-order valence-corrected chi connectivity index (χ0v) is 16.1. The van der Waals surface area contributed by atoms with Crippen LogP contribution in [0.4, 0.5) is 4.79 Å². The topological polar surface area (TPSA) is 62.7 Å². The summed E-state index contributed by atoms with van der Waals surface area (Å²) in [5, 5.41) is 0. The van der Waals surface area contributed by atoms with Gasteiger partial charge in [-0.25, -0.2) is 9.79 Å². The summed E-state index contributed by atoms with van der Waals surface area (Å²) in [6.45, 7) is 4.55. The molecule has 0 radical (unpaired) electrons. The third kappa shape index (κ3) is 3.03. The van der Waals surface area contributed by atoms with E-state index in [1.807, 2.05) is 18.0 Å². The third-order valence-corrected chi connectivity index (χ3v) is 5.74. The van der Waals surface area contributed by atoms with E-state index in [1.54, 1.807) is 11.9 Å². The van der Waals surface area contributed by atoms with E-state index >= 15 is 0 Å². The molecule has 3 heterocycles. The zero-order valence-electron chi connectivity index (χ0n) is 16.1. The molecular formula is C19H26N6O2. The summed E-state index contributed by atoms with van der Waals surface area (Å²) in [6, 6.07) is 9.75. The molecule has 8 heteroatoms. The number of piperazine rings is 1. The van der Waals surface area contributed by atoms with Crippen molar-refractivity contribution < 1.29 is 9.59 Å². The molecule has 4 rings (SSSR count). The summed E-state index contributed by atoms with van der Waals surface area (Å²) in [6.07, 6.45) is -0.441. The second-order valence-corrected chi connectivity index (χ2v) is 7.44. The van der Waals surface area contributed by atoms with Crippen LogP contribution in [0, 0.1) is 0 Å². The van der Waals surface area contributed by atoms with Gasteiger partial charge in [0.25, 0.3) is 5.91 Å². The Balaban J connectivity index is 1.43. The second kappa shape index (κ2) is 6.84. The molecule has 2 fully saturated rings. The molecule has 2 unspecified atom stereocenters. The Morgan fingerprint density at radius 1 is 0.963 bits per heavy atom. The molecule has 0 bridgehead atoms. The number of carbonyl (C=O) groups excluding carboxylic acids is 2. The van der Waals surface area contributed by atoms with Gasteiger partial charge >= 0.3 is 6.03 Å². The van der Waals surface area contributed by atoms with Crippen LogP contribution >= 0.6 is 0 Å². The number of amides is 3. The number of hydrogen-bond donors (Lipinski definition) is 0. The zero-order chi connectivity index (χ0) is 19.1. The predicted molar refractivity (Wildman–Crippen MR) is 102 cm³/mol. The summed E-state index contributed by atoms with van der Waals surface area (Å²) in [4.78, 5) is 38.9. The summed E-state index contributed by atoms with van der Waals surface area (Å²) in [7, 11) is 5.14. The van der Waals surface area contributed by atoms with Crippen LogP contribution in [0.1, 0.15) is 5.56 Å². The van der Waals surface area contributed by atoms with Gasteiger partial charge in [-0.1, -0.05) is 30.3 Å². The lowest BCUT2D eigenvalue weighted by molar-refractivity contribution is -0.135. The van der Waals surface area contributed by atoms with Gasteiger partial charge in [-0.2, -0.15) is 0 Å².